The Morgan fingerprint density at radius 2 is 1.70 bits per heavy atom. The van der Waals surface area contributed by atoms with Crippen molar-refractivity contribution in [3.8, 4) is 5.75 Å². The number of hydrogen-bond donors (Lipinski definition) is 3. The van der Waals surface area contributed by atoms with Gasteiger partial charge in [-0.05, 0) is 42.3 Å². The van der Waals surface area contributed by atoms with Gasteiger partial charge in [0, 0.05) is 25.0 Å². The minimum absolute atomic E-state index is 0.170. The SMILES string of the molecule is COc1ccc(CCNC(=O)NCCNc2ccc3ccccc3n2)cc1. The number of urea groups is 1. The Kier molecular flexibility index (Phi) is 6.46. The first-order valence-electron chi connectivity index (χ1n) is 8.99. The zero-order chi connectivity index (χ0) is 18.9. The number of carbonyl (C=O) groups is 1. The van der Waals surface area contributed by atoms with Crippen LogP contribution in [0, 0.1) is 0 Å². The van der Waals surface area contributed by atoms with Crippen molar-refractivity contribution >= 4 is 22.8 Å². The first-order valence-corrected chi connectivity index (χ1v) is 8.99. The molecule has 3 N–H and O–H groups in total. The van der Waals surface area contributed by atoms with Crippen LogP contribution in [0.1, 0.15) is 5.56 Å². The predicted molar refractivity (Wildman–Crippen MR) is 108 cm³/mol. The summed E-state index contributed by atoms with van der Waals surface area (Å²) in [6.07, 6.45) is 0.774. The van der Waals surface area contributed by atoms with Crippen molar-refractivity contribution in [1.29, 1.82) is 0 Å². The van der Waals surface area contributed by atoms with Crippen molar-refractivity contribution in [2.24, 2.45) is 0 Å². The summed E-state index contributed by atoms with van der Waals surface area (Å²) in [5, 5.41) is 10.0. The molecule has 0 saturated heterocycles. The molecule has 6 nitrogen and oxygen atoms in total. The smallest absolute Gasteiger partial charge is 0.314 e. The Hall–Kier alpha value is -3.28. The average molecular weight is 364 g/mol. The summed E-state index contributed by atoms with van der Waals surface area (Å²) in [6.45, 7) is 1.71. The molecular formula is C21H24N4O2. The third-order valence-corrected chi connectivity index (χ3v) is 4.17. The van der Waals surface area contributed by atoms with Gasteiger partial charge in [-0.2, -0.15) is 0 Å². The zero-order valence-corrected chi connectivity index (χ0v) is 15.4. The van der Waals surface area contributed by atoms with Crippen molar-refractivity contribution in [3.63, 3.8) is 0 Å². The molecule has 2 aromatic carbocycles. The largest absolute Gasteiger partial charge is 0.497 e. The van der Waals surface area contributed by atoms with E-state index in [9.17, 15) is 4.79 Å². The lowest BCUT2D eigenvalue weighted by Gasteiger charge is -2.09. The summed E-state index contributed by atoms with van der Waals surface area (Å²) in [4.78, 5) is 16.4. The van der Waals surface area contributed by atoms with Crippen LogP contribution in [-0.4, -0.2) is 37.8 Å². The van der Waals surface area contributed by atoms with Gasteiger partial charge in [-0.15, -0.1) is 0 Å². The van der Waals surface area contributed by atoms with Crippen LogP contribution in [0.2, 0.25) is 0 Å². The second-order valence-corrected chi connectivity index (χ2v) is 6.10. The number of benzene rings is 2. The summed E-state index contributed by atoms with van der Waals surface area (Å²) in [6, 6.07) is 19.6. The van der Waals surface area contributed by atoms with E-state index in [1.165, 1.54) is 0 Å². The summed E-state index contributed by atoms with van der Waals surface area (Å²) >= 11 is 0. The molecule has 2 amide bonds. The number of hydrogen-bond acceptors (Lipinski definition) is 4. The Bertz CT molecular complexity index is 881. The molecule has 3 rings (SSSR count). The van der Waals surface area contributed by atoms with E-state index in [1.807, 2.05) is 60.7 Å². The zero-order valence-electron chi connectivity index (χ0n) is 15.4. The van der Waals surface area contributed by atoms with Crippen LogP contribution in [-0.2, 0) is 6.42 Å². The lowest BCUT2D eigenvalue weighted by atomic mass is 10.1. The highest BCUT2D eigenvalue weighted by molar-refractivity contribution is 5.80. The predicted octanol–water partition coefficient (Wildman–Crippen LogP) is 3.20. The summed E-state index contributed by atoms with van der Waals surface area (Å²) in [5.41, 5.74) is 2.10. The number of methoxy groups -OCH3 is 1. The quantitative estimate of drug-likeness (QED) is 0.537. The van der Waals surface area contributed by atoms with Crippen LogP contribution in [0.15, 0.2) is 60.7 Å². The van der Waals surface area contributed by atoms with E-state index in [2.05, 4.69) is 20.9 Å². The van der Waals surface area contributed by atoms with Crippen LogP contribution in [0.4, 0.5) is 10.6 Å². The highest BCUT2D eigenvalue weighted by atomic mass is 16.5. The summed E-state index contributed by atoms with van der Waals surface area (Å²) in [7, 11) is 1.64. The van der Waals surface area contributed by atoms with Gasteiger partial charge in [0.05, 0.1) is 12.6 Å². The number of para-hydroxylation sites is 1. The van der Waals surface area contributed by atoms with Gasteiger partial charge in [-0.1, -0.05) is 30.3 Å². The molecule has 27 heavy (non-hydrogen) atoms. The molecule has 1 heterocycles. The van der Waals surface area contributed by atoms with Gasteiger partial charge in [-0.25, -0.2) is 9.78 Å². The molecule has 0 atom stereocenters. The fraction of sp³-hybridized carbons (Fsp3) is 0.238. The van der Waals surface area contributed by atoms with Gasteiger partial charge in [-0.3, -0.25) is 0 Å². The Morgan fingerprint density at radius 3 is 2.52 bits per heavy atom. The standard InChI is InChI=1S/C21H24N4O2/c1-27-18-9-6-16(7-10-18)12-13-23-21(26)24-15-14-22-20-11-8-17-4-2-3-5-19(17)25-20/h2-11H,12-15H2,1H3,(H,22,25)(H2,23,24,26). The highest BCUT2D eigenvalue weighted by Gasteiger charge is 2.01. The second-order valence-electron chi connectivity index (χ2n) is 6.10. The number of anilines is 1. The fourth-order valence-electron chi connectivity index (χ4n) is 2.71. The number of nitrogens with zero attached hydrogens (tertiary/aromatic N) is 1. The van der Waals surface area contributed by atoms with E-state index in [0.717, 1.165) is 34.5 Å². The molecular weight excluding hydrogens is 340 g/mol. The fourth-order valence-corrected chi connectivity index (χ4v) is 2.71. The number of aromatic nitrogens is 1. The van der Waals surface area contributed by atoms with Gasteiger partial charge < -0.3 is 20.7 Å². The van der Waals surface area contributed by atoms with Crippen molar-refractivity contribution in [2.75, 3.05) is 32.1 Å². The van der Waals surface area contributed by atoms with Crippen LogP contribution < -0.4 is 20.7 Å². The molecule has 6 heteroatoms. The minimum atomic E-state index is -0.170. The van der Waals surface area contributed by atoms with Gasteiger partial charge >= 0.3 is 6.03 Å². The third-order valence-electron chi connectivity index (χ3n) is 4.17. The molecule has 0 aliphatic carbocycles. The maximum atomic E-state index is 11.8. The molecule has 0 fully saturated rings. The lowest BCUT2D eigenvalue weighted by molar-refractivity contribution is 0.241. The first-order chi connectivity index (χ1) is 13.2. The van der Waals surface area contributed by atoms with Gasteiger partial charge in [0.1, 0.15) is 11.6 Å². The van der Waals surface area contributed by atoms with Crippen LogP contribution in [0.5, 0.6) is 5.75 Å². The molecule has 0 radical (unpaired) electrons. The van der Waals surface area contributed by atoms with Crippen LogP contribution >= 0.6 is 0 Å². The third kappa shape index (κ3) is 5.60. The second kappa shape index (κ2) is 9.43. The number of ether oxygens (including phenoxy) is 1. The molecule has 1 aromatic heterocycles. The van der Waals surface area contributed by atoms with E-state index in [-0.39, 0.29) is 6.03 Å². The van der Waals surface area contributed by atoms with E-state index in [0.29, 0.717) is 19.6 Å². The molecule has 0 spiro atoms. The maximum Gasteiger partial charge on any atom is 0.314 e. The Balaban J connectivity index is 1.32. The maximum absolute atomic E-state index is 11.8. The molecule has 3 aromatic rings. The Labute approximate surface area is 159 Å². The first kappa shape index (κ1) is 18.5. The van der Waals surface area contributed by atoms with Crippen molar-refractivity contribution in [1.82, 2.24) is 15.6 Å². The van der Waals surface area contributed by atoms with Gasteiger partial charge in [0.2, 0.25) is 0 Å². The molecule has 0 aliphatic heterocycles. The van der Waals surface area contributed by atoms with Crippen molar-refractivity contribution in [2.45, 2.75) is 6.42 Å². The molecule has 0 bridgehead atoms. The normalized spacial score (nSPS) is 10.4. The average Bonchev–Trinajstić information content (AvgIpc) is 2.71. The summed E-state index contributed by atoms with van der Waals surface area (Å²) in [5.74, 6) is 1.63. The highest BCUT2D eigenvalue weighted by Crippen LogP contribution is 2.14. The number of amides is 2. The number of fused-ring (bicyclic) bond motifs is 1. The minimum Gasteiger partial charge on any atom is -0.497 e. The van der Waals surface area contributed by atoms with Crippen molar-refractivity contribution < 1.29 is 9.53 Å². The lowest BCUT2D eigenvalue weighted by Crippen LogP contribution is -2.38. The van der Waals surface area contributed by atoms with Crippen molar-refractivity contribution in [3.05, 3.63) is 66.2 Å². The number of carbonyl (C=O) groups excluding carboxylic acids is 1. The molecule has 0 saturated carbocycles. The van der Waals surface area contributed by atoms with E-state index in [4.69, 9.17) is 4.74 Å². The molecule has 0 unspecified atom stereocenters. The van der Waals surface area contributed by atoms with Gasteiger partial charge in [0.15, 0.2) is 0 Å². The monoisotopic (exact) mass is 364 g/mol. The van der Waals surface area contributed by atoms with E-state index >= 15 is 0 Å². The summed E-state index contributed by atoms with van der Waals surface area (Å²) < 4.78 is 5.13. The van der Waals surface area contributed by atoms with E-state index < -0.39 is 0 Å². The number of nitrogens with one attached hydrogen (secondary N) is 3. The number of pyridine rings is 1. The van der Waals surface area contributed by atoms with Gasteiger partial charge in [0.25, 0.3) is 0 Å². The Morgan fingerprint density at radius 1 is 0.926 bits per heavy atom. The topological polar surface area (TPSA) is 75.3 Å². The van der Waals surface area contributed by atoms with Crippen LogP contribution in [0.25, 0.3) is 10.9 Å². The van der Waals surface area contributed by atoms with Crippen LogP contribution in [0.3, 0.4) is 0 Å². The molecule has 140 valence electrons. The molecule has 0 aliphatic rings. The number of rotatable bonds is 8. The van der Waals surface area contributed by atoms with E-state index in [1.54, 1.807) is 7.11 Å².